The number of fused-ring (bicyclic) bond motifs is 1. The van der Waals surface area contributed by atoms with Crippen LogP contribution in [-0.2, 0) is 11.2 Å². The fourth-order valence-electron chi connectivity index (χ4n) is 2.74. The number of amides is 1. The maximum absolute atomic E-state index is 12.5. The number of furan rings is 1. The first-order valence-corrected chi connectivity index (χ1v) is 9.30. The Morgan fingerprint density at radius 2 is 1.89 bits per heavy atom. The lowest BCUT2D eigenvalue weighted by molar-refractivity contribution is -0.139. The number of hydrogen-bond acceptors (Lipinski definition) is 6. The quantitative estimate of drug-likeness (QED) is 0.520. The molecule has 1 unspecified atom stereocenters. The normalized spacial score (nSPS) is 12.0. The van der Waals surface area contributed by atoms with Gasteiger partial charge in [-0.1, -0.05) is 12.1 Å². The van der Waals surface area contributed by atoms with E-state index < -0.39 is 17.9 Å². The predicted molar refractivity (Wildman–Crippen MR) is 104 cm³/mol. The maximum Gasteiger partial charge on any atom is 0.326 e. The standard InChI is InChI=1S/C20H15N3O4S/c24-18(22-14(20(25)26)11-12-7-9-21-10-8-12)15-5-6-16(27-15)19-23-13-3-1-2-4-17(13)28-19/h1-10,14H,11H2,(H,22,24)(H,25,26). The van der Waals surface area contributed by atoms with E-state index >= 15 is 0 Å². The lowest BCUT2D eigenvalue weighted by Crippen LogP contribution is -2.42. The minimum atomic E-state index is -1.12. The minimum absolute atomic E-state index is 0.0373. The summed E-state index contributed by atoms with van der Waals surface area (Å²) in [6.45, 7) is 0. The molecule has 1 aromatic carbocycles. The minimum Gasteiger partial charge on any atom is -0.480 e. The third-order valence-corrected chi connectivity index (χ3v) is 5.18. The van der Waals surface area contributed by atoms with Gasteiger partial charge in [-0.15, -0.1) is 11.3 Å². The number of rotatable bonds is 6. The zero-order valence-corrected chi connectivity index (χ0v) is 15.3. The summed E-state index contributed by atoms with van der Waals surface area (Å²) in [6.07, 6.45) is 3.30. The maximum atomic E-state index is 12.5. The van der Waals surface area contributed by atoms with Crippen LogP contribution in [0.15, 0.2) is 65.3 Å². The van der Waals surface area contributed by atoms with Crippen LogP contribution in [0.3, 0.4) is 0 Å². The van der Waals surface area contributed by atoms with Crippen molar-refractivity contribution < 1.29 is 19.1 Å². The Kier molecular flexibility index (Phi) is 4.86. The van der Waals surface area contributed by atoms with Gasteiger partial charge in [-0.05, 0) is 42.0 Å². The monoisotopic (exact) mass is 393 g/mol. The fraction of sp³-hybridized carbons (Fsp3) is 0.100. The summed E-state index contributed by atoms with van der Waals surface area (Å²) in [5.41, 5.74) is 1.62. The highest BCUT2D eigenvalue weighted by Crippen LogP contribution is 2.31. The Labute approximate surface area is 163 Å². The number of nitrogens with zero attached hydrogens (tertiary/aromatic N) is 2. The molecule has 4 rings (SSSR count). The molecule has 0 aliphatic carbocycles. The van der Waals surface area contributed by atoms with Crippen LogP contribution in [0.25, 0.3) is 21.0 Å². The van der Waals surface area contributed by atoms with Crippen molar-refractivity contribution in [1.82, 2.24) is 15.3 Å². The first-order chi connectivity index (χ1) is 13.6. The van der Waals surface area contributed by atoms with E-state index in [1.165, 1.54) is 17.4 Å². The molecule has 1 amide bonds. The number of aromatic nitrogens is 2. The SMILES string of the molecule is O=C(NC(Cc1ccncc1)C(=O)O)c1ccc(-c2nc3ccccc3s2)o1. The van der Waals surface area contributed by atoms with Crippen molar-refractivity contribution in [3.8, 4) is 10.8 Å². The molecule has 0 radical (unpaired) electrons. The van der Waals surface area contributed by atoms with Crippen LogP contribution < -0.4 is 5.32 Å². The summed E-state index contributed by atoms with van der Waals surface area (Å²) in [5, 5.41) is 12.6. The van der Waals surface area contributed by atoms with Gasteiger partial charge in [-0.25, -0.2) is 9.78 Å². The van der Waals surface area contributed by atoms with Crippen molar-refractivity contribution in [1.29, 1.82) is 0 Å². The van der Waals surface area contributed by atoms with Crippen molar-refractivity contribution >= 4 is 33.4 Å². The topological polar surface area (TPSA) is 105 Å². The van der Waals surface area contributed by atoms with E-state index in [-0.39, 0.29) is 12.2 Å². The van der Waals surface area contributed by atoms with Crippen LogP contribution in [0, 0.1) is 0 Å². The number of pyridine rings is 1. The summed E-state index contributed by atoms with van der Waals surface area (Å²) in [6, 6.07) is 13.2. The predicted octanol–water partition coefficient (Wildman–Crippen LogP) is 3.38. The summed E-state index contributed by atoms with van der Waals surface area (Å²) < 4.78 is 6.64. The van der Waals surface area contributed by atoms with E-state index in [1.807, 2.05) is 24.3 Å². The van der Waals surface area contributed by atoms with E-state index in [2.05, 4.69) is 15.3 Å². The summed E-state index contributed by atoms with van der Waals surface area (Å²) in [7, 11) is 0. The molecule has 140 valence electrons. The van der Waals surface area contributed by atoms with Crippen molar-refractivity contribution in [2.24, 2.45) is 0 Å². The largest absolute Gasteiger partial charge is 0.480 e. The average Bonchev–Trinajstić information content (AvgIpc) is 3.35. The van der Waals surface area contributed by atoms with E-state index in [9.17, 15) is 14.7 Å². The van der Waals surface area contributed by atoms with Crippen molar-refractivity contribution in [2.75, 3.05) is 0 Å². The van der Waals surface area contributed by atoms with Crippen LogP contribution in [0.5, 0.6) is 0 Å². The number of carboxylic acids is 1. The van der Waals surface area contributed by atoms with Gasteiger partial charge in [0.15, 0.2) is 16.5 Å². The third-order valence-electron chi connectivity index (χ3n) is 4.13. The summed E-state index contributed by atoms with van der Waals surface area (Å²) >= 11 is 1.46. The Morgan fingerprint density at radius 1 is 1.11 bits per heavy atom. The van der Waals surface area contributed by atoms with Gasteiger partial charge < -0.3 is 14.8 Å². The van der Waals surface area contributed by atoms with E-state index in [0.717, 1.165) is 15.8 Å². The Balaban J connectivity index is 1.50. The van der Waals surface area contributed by atoms with Crippen LogP contribution >= 0.6 is 11.3 Å². The highest BCUT2D eigenvalue weighted by molar-refractivity contribution is 7.21. The number of aliphatic carboxylic acids is 1. The highest BCUT2D eigenvalue weighted by atomic mass is 32.1. The van der Waals surface area contributed by atoms with Crippen LogP contribution in [0.2, 0.25) is 0 Å². The molecule has 8 heteroatoms. The van der Waals surface area contributed by atoms with Gasteiger partial charge in [0.25, 0.3) is 5.91 Å². The molecule has 0 saturated heterocycles. The van der Waals surface area contributed by atoms with Gasteiger partial charge in [0, 0.05) is 18.8 Å². The molecule has 0 bridgehead atoms. The van der Waals surface area contributed by atoms with Gasteiger partial charge >= 0.3 is 5.97 Å². The second-order valence-electron chi connectivity index (χ2n) is 6.07. The molecule has 0 aliphatic rings. The average molecular weight is 393 g/mol. The summed E-state index contributed by atoms with van der Waals surface area (Å²) in [4.78, 5) is 32.4. The van der Waals surface area contributed by atoms with E-state index in [4.69, 9.17) is 4.42 Å². The number of hydrogen-bond donors (Lipinski definition) is 2. The van der Waals surface area contributed by atoms with Crippen LogP contribution in [0.1, 0.15) is 16.1 Å². The molecule has 0 spiro atoms. The molecule has 0 aliphatic heterocycles. The highest BCUT2D eigenvalue weighted by Gasteiger charge is 2.23. The second kappa shape index (κ2) is 7.61. The second-order valence-corrected chi connectivity index (χ2v) is 7.11. The molecule has 7 nitrogen and oxygen atoms in total. The Bertz CT molecular complexity index is 1100. The van der Waals surface area contributed by atoms with Gasteiger partial charge in [0.05, 0.1) is 10.2 Å². The van der Waals surface area contributed by atoms with Gasteiger partial charge in [0.2, 0.25) is 0 Å². The van der Waals surface area contributed by atoms with Gasteiger partial charge in [-0.2, -0.15) is 0 Å². The number of nitrogens with one attached hydrogen (secondary N) is 1. The zero-order valence-electron chi connectivity index (χ0n) is 14.5. The molecular formula is C20H15N3O4S. The van der Waals surface area contributed by atoms with Crippen molar-refractivity contribution in [2.45, 2.75) is 12.5 Å². The first-order valence-electron chi connectivity index (χ1n) is 8.48. The third kappa shape index (κ3) is 3.77. The molecule has 3 heterocycles. The molecule has 28 heavy (non-hydrogen) atoms. The molecule has 1 atom stereocenters. The molecular weight excluding hydrogens is 378 g/mol. The van der Waals surface area contributed by atoms with E-state index in [1.54, 1.807) is 30.6 Å². The van der Waals surface area contributed by atoms with Gasteiger partial charge in [0.1, 0.15) is 6.04 Å². The zero-order chi connectivity index (χ0) is 19.5. The number of carboxylic acid groups (broad SMARTS) is 1. The molecule has 4 aromatic rings. The fourth-order valence-corrected chi connectivity index (χ4v) is 3.66. The number of thiazole rings is 1. The summed E-state index contributed by atoms with van der Waals surface area (Å²) in [5.74, 6) is -1.21. The number of para-hydroxylation sites is 1. The lowest BCUT2D eigenvalue weighted by Gasteiger charge is -2.13. The molecule has 0 fully saturated rings. The van der Waals surface area contributed by atoms with Crippen molar-refractivity contribution in [3.05, 3.63) is 72.2 Å². The van der Waals surface area contributed by atoms with E-state index in [0.29, 0.717) is 10.8 Å². The van der Waals surface area contributed by atoms with Gasteiger partial charge in [-0.3, -0.25) is 9.78 Å². The molecule has 2 N–H and O–H groups in total. The number of carbonyl (C=O) groups is 2. The first kappa shape index (κ1) is 17.9. The smallest absolute Gasteiger partial charge is 0.326 e. The Hall–Kier alpha value is -3.52. The van der Waals surface area contributed by atoms with Crippen LogP contribution in [0.4, 0.5) is 0 Å². The van der Waals surface area contributed by atoms with Crippen molar-refractivity contribution in [3.63, 3.8) is 0 Å². The van der Waals surface area contributed by atoms with Crippen LogP contribution in [-0.4, -0.2) is 33.0 Å². The molecule has 0 saturated carbocycles. The number of benzene rings is 1. The Morgan fingerprint density at radius 3 is 2.64 bits per heavy atom. The lowest BCUT2D eigenvalue weighted by atomic mass is 10.1. The molecule has 3 aromatic heterocycles. The number of carbonyl (C=O) groups excluding carboxylic acids is 1.